The van der Waals surface area contributed by atoms with Gasteiger partial charge < -0.3 is 20.1 Å². The van der Waals surface area contributed by atoms with Gasteiger partial charge in [-0.05, 0) is 54.3 Å². The molecule has 4 rings (SSSR count). The summed E-state index contributed by atoms with van der Waals surface area (Å²) in [6.07, 6.45) is 4.33. The van der Waals surface area contributed by atoms with Gasteiger partial charge in [0.05, 0.1) is 0 Å². The lowest BCUT2D eigenvalue weighted by Gasteiger charge is -2.28. The summed E-state index contributed by atoms with van der Waals surface area (Å²) in [4.78, 5) is 33.3. The van der Waals surface area contributed by atoms with Crippen molar-refractivity contribution < 1.29 is 14.0 Å². The van der Waals surface area contributed by atoms with Crippen LogP contribution in [0.15, 0.2) is 85.1 Å². The lowest BCUT2D eigenvalue weighted by atomic mass is 10.1. The number of carbonyl (C=O) groups excluding carboxylic acids is 2. The summed E-state index contributed by atoms with van der Waals surface area (Å²) in [5, 5.41) is 4.02. The Morgan fingerprint density at radius 2 is 1.62 bits per heavy atom. The standard InChI is InChI=1S/C30H33FN4O2/c1-2-3-18-35(30(37)33-26-9-5-4-6-10-26)22-29(36)34(21-23-13-15-25(31)16-14-23)19-17-24-20-32-28-12-8-7-11-27(24)28/h4-16,20,32H,2-3,17-19,21-22H2,1H3,(H,33,37). The van der Waals surface area contributed by atoms with E-state index in [0.29, 0.717) is 31.7 Å². The van der Waals surface area contributed by atoms with E-state index in [-0.39, 0.29) is 24.3 Å². The highest BCUT2D eigenvalue weighted by Crippen LogP contribution is 2.19. The molecule has 37 heavy (non-hydrogen) atoms. The predicted molar refractivity (Wildman–Crippen MR) is 146 cm³/mol. The average molecular weight is 501 g/mol. The van der Waals surface area contributed by atoms with Gasteiger partial charge in [-0.2, -0.15) is 0 Å². The van der Waals surface area contributed by atoms with Crippen LogP contribution in [0.1, 0.15) is 30.9 Å². The van der Waals surface area contributed by atoms with Crippen LogP contribution in [0.5, 0.6) is 0 Å². The molecule has 0 aliphatic carbocycles. The van der Waals surface area contributed by atoms with Gasteiger partial charge in [-0.15, -0.1) is 0 Å². The number of amides is 3. The number of aromatic nitrogens is 1. The molecule has 7 heteroatoms. The van der Waals surface area contributed by atoms with E-state index in [9.17, 15) is 14.0 Å². The van der Waals surface area contributed by atoms with E-state index in [1.807, 2.05) is 54.7 Å². The number of carbonyl (C=O) groups is 2. The number of urea groups is 1. The van der Waals surface area contributed by atoms with Crippen molar-refractivity contribution in [3.8, 4) is 0 Å². The second-order valence-corrected chi connectivity index (χ2v) is 9.12. The maximum atomic E-state index is 13.6. The number of fused-ring (bicyclic) bond motifs is 1. The highest BCUT2D eigenvalue weighted by Gasteiger charge is 2.22. The summed E-state index contributed by atoms with van der Waals surface area (Å²) in [6, 6.07) is 23.2. The molecule has 0 aliphatic rings. The maximum absolute atomic E-state index is 13.6. The molecule has 0 saturated heterocycles. The summed E-state index contributed by atoms with van der Waals surface area (Å²) < 4.78 is 13.5. The summed E-state index contributed by atoms with van der Waals surface area (Å²) in [5.74, 6) is -0.466. The Morgan fingerprint density at radius 1 is 0.892 bits per heavy atom. The highest BCUT2D eigenvalue weighted by molar-refractivity contribution is 5.92. The minimum absolute atomic E-state index is 0.0340. The third-order valence-corrected chi connectivity index (χ3v) is 6.39. The maximum Gasteiger partial charge on any atom is 0.322 e. The van der Waals surface area contributed by atoms with Crippen LogP contribution in [0.3, 0.4) is 0 Å². The third-order valence-electron chi connectivity index (χ3n) is 6.39. The van der Waals surface area contributed by atoms with Crippen LogP contribution in [0, 0.1) is 5.82 Å². The second kappa shape index (κ2) is 12.7. The predicted octanol–water partition coefficient (Wildman–Crippen LogP) is 6.21. The van der Waals surface area contributed by atoms with Crippen molar-refractivity contribution in [2.24, 2.45) is 0 Å². The van der Waals surface area contributed by atoms with E-state index in [4.69, 9.17) is 0 Å². The van der Waals surface area contributed by atoms with Crippen LogP contribution in [0.25, 0.3) is 10.9 Å². The van der Waals surface area contributed by atoms with Crippen molar-refractivity contribution in [1.29, 1.82) is 0 Å². The number of benzene rings is 3. The number of rotatable bonds is 11. The molecule has 2 N–H and O–H groups in total. The van der Waals surface area contributed by atoms with Gasteiger partial charge in [-0.25, -0.2) is 9.18 Å². The zero-order valence-corrected chi connectivity index (χ0v) is 21.1. The molecule has 0 bridgehead atoms. The van der Waals surface area contributed by atoms with Crippen LogP contribution in [0.2, 0.25) is 0 Å². The first-order chi connectivity index (χ1) is 18.0. The summed E-state index contributed by atoms with van der Waals surface area (Å²) in [5.41, 5.74) is 3.70. The van der Waals surface area contributed by atoms with Crippen molar-refractivity contribution in [2.45, 2.75) is 32.7 Å². The lowest BCUT2D eigenvalue weighted by molar-refractivity contribution is -0.132. The number of halogens is 1. The van der Waals surface area contributed by atoms with Crippen molar-refractivity contribution in [1.82, 2.24) is 14.8 Å². The third kappa shape index (κ3) is 7.19. The Labute approximate surface area is 217 Å². The van der Waals surface area contributed by atoms with Gasteiger partial charge in [0.25, 0.3) is 0 Å². The van der Waals surface area contributed by atoms with Crippen molar-refractivity contribution >= 4 is 28.5 Å². The Hall–Kier alpha value is -4.13. The first-order valence-corrected chi connectivity index (χ1v) is 12.7. The van der Waals surface area contributed by atoms with Crippen LogP contribution in [-0.4, -0.2) is 46.4 Å². The molecular formula is C30H33FN4O2. The molecule has 1 heterocycles. The largest absolute Gasteiger partial charge is 0.361 e. The number of hydrogen-bond acceptors (Lipinski definition) is 2. The smallest absolute Gasteiger partial charge is 0.322 e. The van der Waals surface area contributed by atoms with E-state index in [1.165, 1.54) is 12.1 Å². The topological polar surface area (TPSA) is 68.4 Å². The molecular weight excluding hydrogens is 467 g/mol. The quantitative estimate of drug-likeness (QED) is 0.257. The number of aromatic amines is 1. The summed E-state index contributed by atoms with van der Waals surface area (Å²) >= 11 is 0. The number of para-hydroxylation sites is 2. The first kappa shape index (κ1) is 25.9. The molecule has 0 unspecified atom stereocenters. The van der Waals surface area contributed by atoms with E-state index in [1.54, 1.807) is 21.9 Å². The summed E-state index contributed by atoms with van der Waals surface area (Å²) in [6.45, 7) is 3.31. The van der Waals surface area contributed by atoms with E-state index < -0.39 is 0 Å². The van der Waals surface area contributed by atoms with Crippen molar-refractivity contribution in [3.63, 3.8) is 0 Å². The van der Waals surface area contributed by atoms with Crippen LogP contribution in [-0.2, 0) is 17.8 Å². The zero-order chi connectivity index (χ0) is 26.0. The zero-order valence-electron chi connectivity index (χ0n) is 21.1. The number of unbranched alkanes of at least 4 members (excludes halogenated alkanes) is 1. The normalized spacial score (nSPS) is 10.9. The van der Waals surface area contributed by atoms with Crippen LogP contribution in [0.4, 0.5) is 14.9 Å². The van der Waals surface area contributed by atoms with E-state index >= 15 is 0 Å². The Balaban J connectivity index is 1.50. The first-order valence-electron chi connectivity index (χ1n) is 12.7. The van der Waals surface area contributed by atoms with Gasteiger partial charge in [0.1, 0.15) is 12.4 Å². The van der Waals surface area contributed by atoms with Gasteiger partial charge in [0.15, 0.2) is 0 Å². The molecule has 0 fully saturated rings. The Kier molecular flexibility index (Phi) is 8.92. The monoisotopic (exact) mass is 500 g/mol. The van der Waals surface area contributed by atoms with E-state index in [2.05, 4.69) is 23.3 Å². The average Bonchev–Trinajstić information content (AvgIpc) is 3.33. The molecule has 192 valence electrons. The fraction of sp³-hybridized carbons (Fsp3) is 0.267. The fourth-order valence-corrected chi connectivity index (χ4v) is 4.28. The molecule has 3 amide bonds. The molecule has 3 aromatic carbocycles. The SMILES string of the molecule is CCCCN(CC(=O)N(CCc1c[nH]c2ccccc12)Cc1ccc(F)cc1)C(=O)Nc1ccccc1. The Morgan fingerprint density at radius 3 is 2.38 bits per heavy atom. The highest BCUT2D eigenvalue weighted by atomic mass is 19.1. The number of H-pyrrole nitrogens is 1. The van der Waals surface area contributed by atoms with Crippen molar-refractivity contribution in [2.75, 3.05) is 25.0 Å². The second-order valence-electron chi connectivity index (χ2n) is 9.12. The number of anilines is 1. The molecule has 0 aliphatic heterocycles. The minimum Gasteiger partial charge on any atom is -0.361 e. The molecule has 0 spiro atoms. The van der Waals surface area contributed by atoms with Gasteiger partial charge in [0, 0.05) is 42.4 Å². The van der Waals surface area contributed by atoms with Crippen LogP contribution < -0.4 is 5.32 Å². The van der Waals surface area contributed by atoms with Gasteiger partial charge in [0.2, 0.25) is 5.91 Å². The van der Waals surface area contributed by atoms with Crippen molar-refractivity contribution in [3.05, 3.63) is 102 Å². The lowest BCUT2D eigenvalue weighted by Crippen LogP contribution is -2.45. The molecule has 0 atom stereocenters. The van der Waals surface area contributed by atoms with E-state index in [0.717, 1.165) is 34.9 Å². The van der Waals surface area contributed by atoms with Gasteiger partial charge in [-0.3, -0.25) is 4.79 Å². The molecule has 0 radical (unpaired) electrons. The molecule has 0 saturated carbocycles. The molecule has 6 nitrogen and oxygen atoms in total. The van der Waals surface area contributed by atoms with Gasteiger partial charge in [-0.1, -0.05) is 61.9 Å². The minimum atomic E-state index is -0.316. The fourth-order valence-electron chi connectivity index (χ4n) is 4.28. The summed E-state index contributed by atoms with van der Waals surface area (Å²) in [7, 11) is 0. The number of nitrogens with zero attached hydrogens (tertiary/aromatic N) is 2. The van der Waals surface area contributed by atoms with Gasteiger partial charge >= 0.3 is 6.03 Å². The Bertz CT molecular complexity index is 1300. The molecule has 4 aromatic rings. The number of nitrogens with one attached hydrogen (secondary N) is 2. The number of hydrogen-bond donors (Lipinski definition) is 2. The van der Waals surface area contributed by atoms with Crippen LogP contribution >= 0.6 is 0 Å². The molecule has 1 aromatic heterocycles.